The summed E-state index contributed by atoms with van der Waals surface area (Å²) in [5, 5.41) is 2.88. The van der Waals surface area contributed by atoms with E-state index in [1.54, 1.807) is 30.6 Å². The third kappa shape index (κ3) is 4.86. The van der Waals surface area contributed by atoms with E-state index in [-0.39, 0.29) is 23.1 Å². The first-order valence-electron chi connectivity index (χ1n) is 9.34. The van der Waals surface area contributed by atoms with Crippen molar-refractivity contribution in [1.29, 1.82) is 0 Å². The summed E-state index contributed by atoms with van der Waals surface area (Å²) in [6.07, 6.45) is 4.60. The zero-order valence-electron chi connectivity index (χ0n) is 16.5. The summed E-state index contributed by atoms with van der Waals surface area (Å²) in [4.78, 5) is 16.7. The number of methoxy groups -OCH3 is 2. The van der Waals surface area contributed by atoms with E-state index >= 15 is 0 Å². The lowest BCUT2D eigenvalue weighted by Crippen LogP contribution is -2.45. The van der Waals surface area contributed by atoms with Gasteiger partial charge in [-0.2, -0.15) is 4.31 Å². The minimum Gasteiger partial charge on any atom is -0.497 e. The second kappa shape index (κ2) is 9.23. The summed E-state index contributed by atoms with van der Waals surface area (Å²) in [6, 6.07) is 8.33. The zero-order chi connectivity index (χ0) is 20.9. The van der Waals surface area contributed by atoms with Gasteiger partial charge in [-0.25, -0.2) is 8.42 Å². The van der Waals surface area contributed by atoms with E-state index < -0.39 is 15.9 Å². The highest BCUT2D eigenvalue weighted by molar-refractivity contribution is 7.89. The minimum atomic E-state index is -3.83. The molecule has 1 N–H and O–H groups in total. The van der Waals surface area contributed by atoms with Crippen LogP contribution >= 0.6 is 0 Å². The fourth-order valence-corrected chi connectivity index (χ4v) is 5.03. The number of hydrogen-bond donors (Lipinski definition) is 1. The maximum atomic E-state index is 13.2. The number of carbonyl (C=O) groups excluding carboxylic acids is 1. The molecule has 2 heterocycles. The van der Waals surface area contributed by atoms with Crippen molar-refractivity contribution in [1.82, 2.24) is 14.6 Å². The molecule has 156 valence electrons. The summed E-state index contributed by atoms with van der Waals surface area (Å²) >= 11 is 0. The van der Waals surface area contributed by atoms with E-state index in [0.29, 0.717) is 31.7 Å². The molecule has 9 heteroatoms. The third-order valence-electron chi connectivity index (χ3n) is 4.93. The van der Waals surface area contributed by atoms with Crippen LogP contribution in [0.1, 0.15) is 18.4 Å². The van der Waals surface area contributed by atoms with Gasteiger partial charge in [0.05, 0.1) is 20.1 Å². The average Bonchev–Trinajstić information content (AvgIpc) is 2.77. The van der Waals surface area contributed by atoms with Crippen molar-refractivity contribution in [2.75, 3.05) is 27.3 Å². The normalized spacial score (nSPS) is 17.5. The van der Waals surface area contributed by atoms with Gasteiger partial charge in [-0.3, -0.25) is 9.78 Å². The molecule has 0 saturated carbocycles. The van der Waals surface area contributed by atoms with E-state index in [0.717, 1.165) is 5.56 Å². The molecular formula is C20H25N3O5S. The minimum absolute atomic E-state index is 0.0377. The predicted molar refractivity (Wildman–Crippen MR) is 107 cm³/mol. The highest BCUT2D eigenvalue weighted by atomic mass is 32.2. The monoisotopic (exact) mass is 419 g/mol. The fraction of sp³-hybridized carbons (Fsp3) is 0.400. The zero-order valence-corrected chi connectivity index (χ0v) is 17.3. The fourth-order valence-electron chi connectivity index (χ4n) is 3.34. The molecular weight excluding hydrogens is 394 g/mol. The molecule has 29 heavy (non-hydrogen) atoms. The van der Waals surface area contributed by atoms with Crippen LogP contribution in [0.15, 0.2) is 47.6 Å². The van der Waals surface area contributed by atoms with E-state index in [1.165, 1.54) is 24.6 Å². The highest BCUT2D eigenvalue weighted by Gasteiger charge is 2.35. The lowest BCUT2D eigenvalue weighted by Gasteiger charge is -2.31. The Bertz CT molecular complexity index is 950. The van der Waals surface area contributed by atoms with Crippen molar-refractivity contribution in [3.63, 3.8) is 0 Å². The largest absolute Gasteiger partial charge is 0.497 e. The number of ether oxygens (including phenoxy) is 2. The Hall–Kier alpha value is -2.65. The van der Waals surface area contributed by atoms with E-state index in [9.17, 15) is 13.2 Å². The Balaban J connectivity index is 1.73. The van der Waals surface area contributed by atoms with Crippen LogP contribution in [-0.4, -0.2) is 50.9 Å². The number of sulfonamides is 1. The maximum absolute atomic E-state index is 13.2. The molecule has 0 unspecified atom stereocenters. The number of hydrogen-bond acceptors (Lipinski definition) is 6. The molecule has 0 bridgehead atoms. The first-order chi connectivity index (χ1) is 14.0. The molecule has 0 spiro atoms. The summed E-state index contributed by atoms with van der Waals surface area (Å²) in [7, 11) is -0.936. The third-order valence-corrected chi connectivity index (χ3v) is 6.82. The van der Waals surface area contributed by atoms with Crippen LogP contribution in [-0.2, 0) is 21.4 Å². The predicted octanol–water partition coefficient (Wildman–Crippen LogP) is 1.82. The summed E-state index contributed by atoms with van der Waals surface area (Å²) in [6.45, 7) is 0.844. The molecule has 0 radical (unpaired) electrons. The lowest BCUT2D eigenvalue weighted by molar-refractivity contribution is -0.126. The number of amides is 1. The molecule has 8 nitrogen and oxygen atoms in total. The van der Waals surface area contributed by atoms with Gasteiger partial charge < -0.3 is 14.8 Å². The lowest BCUT2D eigenvalue weighted by atomic mass is 9.99. The molecule has 1 amide bonds. The number of carbonyl (C=O) groups is 1. The quantitative estimate of drug-likeness (QED) is 0.735. The number of pyridine rings is 1. The Morgan fingerprint density at radius 2 is 2.10 bits per heavy atom. The van der Waals surface area contributed by atoms with Crippen LogP contribution in [0, 0.1) is 5.92 Å². The molecule has 1 aliphatic heterocycles. The van der Waals surface area contributed by atoms with Gasteiger partial charge in [0, 0.05) is 38.1 Å². The topological polar surface area (TPSA) is 97.8 Å². The molecule has 1 fully saturated rings. The van der Waals surface area contributed by atoms with Crippen LogP contribution in [0.25, 0.3) is 0 Å². The molecule has 1 aliphatic rings. The van der Waals surface area contributed by atoms with Crippen LogP contribution in [0.2, 0.25) is 0 Å². The van der Waals surface area contributed by atoms with Crippen molar-refractivity contribution in [2.45, 2.75) is 24.3 Å². The summed E-state index contributed by atoms with van der Waals surface area (Å²) < 4.78 is 38.2. The number of rotatable bonds is 7. The van der Waals surface area contributed by atoms with Crippen molar-refractivity contribution in [2.24, 2.45) is 5.92 Å². The first kappa shape index (κ1) is 21.1. The number of nitrogens with one attached hydrogen (secondary N) is 1. The van der Waals surface area contributed by atoms with Gasteiger partial charge in [0.15, 0.2) is 0 Å². The van der Waals surface area contributed by atoms with Gasteiger partial charge in [-0.1, -0.05) is 6.07 Å². The molecule has 1 aromatic carbocycles. The Kier molecular flexibility index (Phi) is 6.71. The van der Waals surface area contributed by atoms with Crippen molar-refractivity contribution >= 4 is 15.9 Å². The number of nitrogens with zero attached hydrogens (tertiary/aromatic N) is 2. The second-order valence-corrected chi connectivity index (χ2v) is 8.70. The van der Waals surface area contributed by atoms with E-state index in [1.807, 2.05) is 6.07 Å². The molecule has 1 saturated heterocycles. The van der Waals surface area contributed by atoms with Crippen LogP contribution in [0.3, 0.4) is 0 Å². The molecule has 0 aliphatic carbocycles. The standard InChI is InChI=1S/C20H25N3O5S/c1-27-17-7-8-18(28-2)19(11-17)29(25,26)23-10-4-6-16(14-23)20(24)22-13-15-5-3-9-21-12-15/h3,5,7-9,11-12,16H,4,6,10,13-14H2,1-2H3,(H,22,24)/t16-/m0/s1. The van der Waals surface area contributed by atoms with Crippen LogP contribution < -0.4 is 14.8 Å². The maximum Gasteiger partial charge on any atom is 0.246 e. The van der Waals surface area contributed by atoms with Gasteiger partial charge in [0.1, 0.15) is 16.4 Å². The van der Waals surface area contributed by atoms with E-state index in [4.69, 9.17) is 9.47 Å². The molecule has 1 atom stereocenters. The molecule has 3 rings (SSSR count). The highest BCUT2D eigenvalue weighted by Crippen LogP contribution is 2.32. The Morgan fingerprint density at radius 1 is 1.28 bits per heavy atom. The average molecular weight is 420 g/mol. The molecule has 2 aromatic rings. The SMILES string of the molecule is COc1ccc(OC)c(S(=O)(=O)N2CCC[C@H](C(=O)NCc3cccnc3)C2)c1. The van der Waals surface area contributed by atoms with Gasteiger partial charge in [-0.05, 0) is 36.6 Å². The second-order valence-electron chi connectivity index (χ2n) is 6.80. The number of aromatic nitrogens is 1. The number of benzene rings is 1. The van der Waals surface area contributed by atoms with Crippen LogP contribution in [0.4, 0.5) is 0 Å². The van der Waals surface area contributed by atoms with Gasteiger partial charge in [0.25, 0.3) is 0 Å². The van der Waals surface area contributed by atoms with Gasteiger partial charge in [-0.15, -0.1) is 0 Å². The first-order valence-corrected chi connectivity index (χ1v) is 10.8. The van der Waals surface area contributed by atoms with Gasteiger partial charge in [0.2, 0.25) is 15.9 Å². The van der Waals surface area contributed by atoms with Crippen molar-refractivity contribution in [3.8, 4) is 11.5 Å². The smallest absolute Gasteiger partial charge is 0.246 e. The van der Waals surface area contributed by atoms with E-state index in [2.05, 4.69) is 10.3 Å². The van der Waals surface area contributed by atoms with Crippen molar-refractivity contribution in [3.05, 3.63) is 48.3 Å². The number of piperidine rings is 1. The Labute approximate surface area is 170 Å². The van der Waals surface area contributed by atoms with Crippen molar-refractivity contribution < 1.29 is 22.7 Å². The van der Waals surface area contributed by atoms with Gasteiger partial charge >= 0.3 is 0 Å². The van der Waals surface area contributed by atoms with Crippen LogP contribution in [0.5, 0.6) is 11.5 Å². The molecule has 1 aromatic heterocycles. The summed E-state index contributed by atoms with van der Waals surface area (Å²) in [5.41, 5.74) is 0.891. The summed E-state index contributed by atoms with van der Waals surface area (Å²) in [5.74, 6) is 0.0965. The Morgan fingerprint density at radius 3 is 2.79 bits per heavy atom.